The number of anilines is 2. The van der Waals surface area contributed by atoms with E-state index in [1.54, 1.807) is 12.1 Å². The molecule has 2 heterocycles. The Labute approximate surface area is 187 Å². The van der Waals surface area contributed by atoms with Crippen LogP contribution < -0.4 is 10.2 Å². The minimum Gasteiger partial charge on any atom is -0.379 e. The van der Waals surface area contributed by atoms with Crippen LogP contribution in [0.1, 0.15) is 12.8 Å². The highest BCUT2D eigenvalue weighted by molar-refractivity contribution is 8.00. The standard InChI is InChI=1S/C22H27N3O4S2/c26-22(17-30-18-6-2-1-3-7-18)23-20-16-19(8-9-21(20)24-10-4-5-11-24)31(27,28)25-12-14-29-15-13-25/h1-3,6-9,16H,4-5,10-15,17H2,(H,23,26). The lowest BCUT2D eigenvalue weighted by Crippen LogP contribution is -2.40. The van der Waals surface area contributed by atoms with Gasteiger partial charge in [0.25, 0.3) is 0 Å². The molecule has 0 radical (unpaired) electrons. The van der Waals surface area contributed by atoms with E-state index in [-0.39, 0.29) is 16.6 Å². The van der Waals surface area contributed by atoms with Crippen LogP contribution >= 0.6 is 11.8 Å². The monoisotopic (exact) mass is 461 g/mol. The van der Waals surface area contributed by atoms with Gasteiger partial charge in [0.05, 0.1) is 35.2 Å². The van der Waals surface area contributed by atoms with Crippen molar-refractivity contribution in [2.75, 3.05) is 55.4 Å². The Balaban J connectivity index is 1.55. The molecule has 1 amide bonds. The van der Waals surface area contributed by atoms with E-state index in [0.29, 0.717) is 32.0 Å². The fraction of sp³-hybridized carbons (Fsp3) is 0.409. The van der Waals surface area contributed by atoms with Gasteiger partial charge >= 0.3 is 0 Å². The summed E-state index contributed by atoms with van der Waals surface area (Å²) >= 11 is 1.45. The number of benzene rings is 2. The Kier molecular flexibility index (Phi) is 7.16. The summed E-state index contributed by atoms with van der Waals surface area (Å²) in [6, 6.07) is 14.8. The summed E-state index contributed by atoms with van der Waals surface area (Å²) in [7, 11) is -3.64. The predicted octanol–water partition coefficient (Wildman–Crippen LogP) is 3.04. The summed E-state index contributed by atoms with van der Waals surface area (Å²) in [6.45, 7) is 3.27. The molecule has 1 N–H and O–H groups in total. The minimum absolute atomic E-state index is 0.157. The fourth-order valence-electron chi connectivity index (χ4n) is 3.80. The lowest BCUT2D eigenvalue weighted by molar-refractivity contribution is -0.113. The molecule has 0 atom stereocenters. The Hall–Kier alpha value is -2.07. The number of hydrogen-bond acceptors (Lipinski definition) is 6. The van der Waals surface area contributed by atoms with Crippen LogP contribution in [0.2, 0.25) is 0 Å². The number of morpholine rings is 1. The highest BCUT2D eigenvalue weighted by Gasteiger charge is 2.28. The average Bonchev–Trinajstić information content (AvgIpc) is 3.34. The Morgan fingerprint density at radius 2 is 1.71 bits per heavy atom. The van der Waals surface area contributed by atoms with Gasteiger partial charge in [-0.05, 0) is 43.2 Å². The molecule has 9 heteroatoms. The quantitative estimate of drug-likeness (QED) is 0.639. The van der Waals surface area contributed by atoms with Crippen molar-refractivity contribution in [1.82, 2.24) is 4.31 Å². The number of carbonyl (C=O) groups excluding carboxylic acids is 1. The molecule has 2 saturated heterocycles. The maximum absolute atomic E-state index is 13.1. The highest BCUT2D eigenvalue weighted by atomic mass is 32.2. The average molecular weight is 462 g/mol. The third kappa shape index (κ3) is 5.41. The lowest BCUT2D eigenvalue weighted by Gasteiger charge is -2.27. The van der Waals surface area contributed by atoms with Gasteiger partial charge < -0.3 is 15.0 Å². The van der Waals surface area contributed by atoms with Gasteiger partial charge in [0.1, 0.15) is 0 Å². The van der Waals surface area contributed by atoms with Crippen molar-refractivity contribution in [3.8, 4) is 0 Å². The van der Waals surface area contributed by atoms with Gasteiger partial charge in [-0.1, -0.05) is 18.2 Å². The van der Waals surface area contributed by atoms with Gasteiger partial charge in [0.15, 0.2) is 0 Å². The molecule has 0 saturated carbocycles. The molecule has 0 aromatic heterocycles. The molecule has 0 bridgehead atoms. The van der Waals surface area contributed by atoms with E-state index >= 15 is 0 Å². The van der Waals surface area contributed by atoms with E-state index in [2.05, 4.69) is 10.2 Å². The number of amides is 1. The van der Waals surface area contributed by atoms with Crippen molar-refractivity contribution in [3.05, 3.63) is 48.5 Å². The molecule has 2 aromatic rings. The van der Waals surface area contributed by atoms with Crippen molar-refractivity contribution < 1.29 is 17.9 Å². The van der Waals surface area contributed by atoms with Crippen LogP contribution in [0.25, 0.3) is 0 Å². The maximum atomic E-state index is 13.1. The summed E-state index contributed by atoms with van der Waals surface area (Å²) < 4.78 is 32.9. The van der Waals surface area contributed by atoms with E-state index in [9.17, 15) is 13.2 Å². The Morgan fingerprint density at radius 1 is 1.00 bits per heavy atom. The molecule has 2 aliphatic heterocycles. The SMILES string of the molecule is O=C(CSc1ccccc1)Nc1cc(S(=O)(=O)N2CCOCC2)ccc1N1CCCC1. The van der Waals surface area contributed by atoms with Gasteiger partial charge in [0.2, 0.25) is 15.9 Å². The molecular formula is C22H27N3O4S2. The van der Waals surface area contributed by atoms with E-state index in [0.717, 1.165) is 36.5 Å². The maximum Gasteiger partial charge on any atom is 0.243 e. The van der Waals surface area contributed by atoms with Gasteiger partial charge in [-0.3, -0.25) is 4.79 Å². The molecule has 0 spiro atoms. The lowest BCUT2D eigenvalue weighted by atomic mass is 10.2. The van der Waals surface area contributed by atoms with Crippen LogP contribution in [0.5, 0.6) is 0 Å². The largest absolute Gasteiger partial charge is 0.379 e. The summed E-state index contributed by atoms with van der Waals surface area (Å²) in [5.74, 6) is 0.0967. The first-order valence-electron chi connectivity index (χ1n) is 10.5. The molecule has 31 heavy (non-hydrogen) atoms. The molecule has 0 aliphatic carbocycles. The van der Waals surface area contributed by atoms with E-state index in [1.807, 2.05) is 36.4 Å². The van der Waals surface area contributed by atoms with Crippen LogP contribution in [0.4, 0.5) is 11.4 Å². The number of sulfonamides is 1. The second-order valence-electron chi connectivity index (χ2n) is 7.54. The molecular weight excluding hydrogens is 434 g/mol. The van der Waals surface area contributed by atoms with E-state index in [1.165, 1.54) is 16.1 Å². The molecule has 166 valence electrons. The summed E-state index contributed by atoms with van der Waals surface area (Å²) in [6.07, 6.45) is 2.18. The highest BCUT2D eigenvalue weighted by Crippen LogP contribution is 2.33. The Bertz CT molecular complexity index is 1000. The zero-order valence-electron chi connectivity index (χ0n) is 17.3. The van der Waals surface area contributed by atoms with Crippen molar-refractivity contribution in [2.45, 2.75) is 22.6 Å². The molecule has 7 nitrogen and oxygen atoms in total. The third-order valence-electron chi connectivity index (χ3n) is 5.41. The first-order valence-corrected chi connectivity index (χ1v) is 12.9. The van der Waals surface area contributed by atoms with Crippen molar-refractivity contribution in [2.24, 2.45) is 0 Å². The van der Waals surface area contributed by atoms with Gasteiger partial charge in [0, 0.05) is 31.1 Å². The van der Waals surface area contributed by atoms with Gasteiger partial charge in [-0.15, -0.1) is 11.8 Å². The molecule has 0 unspecified atom stereocenters. The number of carbonyl (C=O) groups is 1. The van der Waals surface area contributed by atoms with Crippen LogP contribution in [-0.2, 0) is 19.6 Å². The zero-order chi connectivity index (χ0) is 21.7. The van der Waals surface area contributed by atoms with Crippen LogP contribution in [0.15, 0.2) is 58.3 Å². The van der Waals surface area contributed by atoms with Crippen LogP contribution in [0, 0.1) is 0 Å². The minimum atomic E-state index is -3.64. The molecule has 2 fully saturated rings. The first-order chi connectivity index (χ1) is 15.0. The number of ether oxygens (including phenoxy) is 1. The number of nitrogens with one attached hydrogen (secondary N) is 1. The molecule has 4 rings (SSSR count). The van der Waals surface area contributed by atoms with Gasteiger partial charge in [-0.25, -0.2) is 8.42 Å². The van der Waals surface area contributed by atoms with Crippen LogP contribution in [-0.4, -0.2) is 63.8 Å². The van der Waals surface area contributed by atoms with E-state index in [4.69, 9.17) is 4.74 Å². The summed E-state index contributed by atoms with van der Waals surface area (Å²) in [5, 5.41) is 2.96. The third-order valence-corrected chi connectivity index (χ3v) is 8.32. The number of hydrogen-bond donors (Lipinski definition) is 1. The fourth-order valence-corrected chi connectivity index (χ4v) is 5.95. The van der Waals surface area contributed by atoms with Gasteiger partial charge in [-0.2, -0.15) is 4.31 Å². The smallest absolute Gasteiger partial charge is 0.243 e. The van der Waals surface area contributed by atoms with Crippen molar-refractivity contribution in [3.63, 3.8) is 0 Å². The Morgan fingerprint density at radius 3 is 2.42 bits per heavy atom. The number of nitrogens with zero attached hydrogens (tertiary/aromatic N) is 2. The molecule has 2 aromatic carbocycles. The second-order valence-corrected chi connectivity index (χ2v) is 10.5. The van der Waals surface area contributed by atoms with E-state index < -0.39 is 10.0 Å². The van der Waals surface area contributed by atoms with Crippen molar-refractivity contribution in [1.29, 1.82) is 0 Å². The topological polar surface area (TPSA) is 79.0 Å². The first kappa shape index (κ1) is 22.1. The normalized spacial score (nSPS) is 17.6. The predicted molar refractivity (Wildman–Crippen MR) is 123 cm³/mol. The summed E-state index contributed by atoms with van der Waals surface area (Å²) in [4.78, 5) is 16.1. The summed E-state index contributed by atoms with van der Waals surface area (Å²) in [5.41, 5.74) is 1.42. The number of thioether (sulfide) groups is 1. The number of rotatable bonds is 7. The van der Waals surface area contributed by atoms with Crippen LogP contribution in [0.3, 0.4) is 0 Å². The molecule has 2 aliphatic rings. The zero-order valence-corrected chi connectivity index (χ0v) is 19.0. The van der Waals surface area contributed by atoms with Crippen molar-refractivity contribution >= 4 is 39.1 Å². The second kappa shape index (κ2) is 10.0.